The predicted molar refractivity (Wildman–Crippen MR) is 94.3 cm³/mol. The first-order chi connectivity index (χ1) is 11.9. The molecule has 1 N–H and O–H groups in total. The number of ether oxygens (including phenoxy) is 1. The number of likely N-dealkylation sites (tertiary alicyclic amines) is 1. The van der Waals surface area contributed by atoms with E-state index < -0.39 is 5.41 Å². The number of nitrogens with zero attached hydrogens (tertiary/aromatic N) is 1. The van der Waals surface area contributed by atoms with Crippen LogP contribution in [0.15, 0.2) is 35.6 Å². The van der Waals surface area contributed by atoms with Gasteiger partial charge >= 0.3 is 0 Å². The SMILES string of the molecule is COc1ccc(CN2CC(=O)/C(=C(/O)C3(C)CCCCC3)C2=O)cc1. The second kappa shape index (κ2) is 6.90. The van der Waals surface area contributed by atoms with Crippen LogP contribution in [0.2, 0.25) is 0 Å². The fourth-order valence-corrected chi connectivity index (χ4v) is 3.78. The number of carbonyl (C=O) groups is 2. The Balaban J connectivity index is 1.80. The van der Waals surface area contributed by atoms with Gasteiger partial charge in [0.2, 0.25) is 0 Å². The zero-order valence-corrected chi connectivity index (χ0v) is 14.9. The van der Waals surface area contributed by atoms with Crippen LogP contribution in [0.3, 0.4) is 0 Å². The molecule has 0 unspecified atom stereocenters. The van der Waals surface area contributed by atoms with Crippen molar-refractivity contribution in [3.05, 3.63) is 41.2 Å². The van der Waals surface area contributed by atoms with E-state index in [1.807, 2.05) is 31.2 Å². The number of aliphatic hydroxyl groups is 1. The van der Waals surface area contributed by atoms with Gasteiger partial charge in [0.25, 0.3) is 5.91 Å². The molecule has 1 saturated carbocycles. The van der Waals surface area contributed by atoms with Crippen molar-refractivity contribution in [1.82, 2.24) is 4.90 Å². The van der Waals surface area contributed by atoms with Crippen LogP contribution in [0.5, 0.6) is 5.75 Å². The summed E-state index contributed by atoms with van der Waals surface area (Å²) in [5, 5.41) is 10.7. The number of Topliss-reactive ketones (excluding diaryl/α,β-unsaturated/α-hetero) is 1. The summed E-state index contributed by atoms with van der Waals surface area (Å²) in [6.07, 6.45) is 4.82. The minimum absolute atomic E-state index is 0.000527. The molecule has 2 fully saturated rings. The summed E-state index contributed by atoms with van der Waals surface area (Å²) in [6.45, 7) is 2.34. The molecule has 0 atom stereocenters. The van der Waals surface area contributed by atoms with Gasteiger partial charge in [-0.1, -0.05) is 38.3 Å². The Morgan fingerprint density at radius 3 is 2.40 bits per heavy atom. The third-order valence-electron chi connectivity index (χ3n) is 5.41. The summed E-state index contributed by atoms with van der Waals surface area (Å²) in [5.74, 6) is 0.114. The molecule has 5 heteroatoms. The zero-order valence-electron chi connectivity index (χ0n) is 14.9. The molecule has 25 heavy (non-hydrogen) atoms. The molecule has 0 radical (unpaired) electrons. The highest BCUT2D eigenvalue weighted by molar-refractivity contribution is 6.25. The average molecular weight is 343 g/mol. The molecule has 134 valence electrons. The molecule has 0 aromatic heterocycles. The van der Waals surface area contributed by atoms with Crippen LogP contribution >= 0.6 is 0 Å². The lowest BCUT2D eigenvalue weighted by Gasteiger charge is -2.33. The maximum Gasteiger partial charge on any atom is 0.261 e. The zero-order chi connectivity index (χ0) is 18.0. The Labute approximate surface area is 148 Å². The molecule has 1 heterocycles. The van der Waals surface area contributed by atoms with Crippen LogP contribution in [-0.4, -0.2) is 35.4 Å². The topological polar surface area (TPSA) is 66.8 Å². The van der Waals surface area contributed by atoms with Gasteiger partial charge in [-0.15, -0.1) is 0 Å². The van der Waals surface area contributed by atoms with Crippen LogP contribution in [0, 0.1) is 5.41 Å². The van der Waals surface area contributed by atoms with Gasteiger partial charge in [0, 0.05) is 12.0 Å². The minimum Gasteiger partial charge on any atom is -0.511 e. The van der Waals surface area contributed by atoms with E-state index in [1.54, 1.807) is 7.11 Å². The molecular formula is C20H25NO4. The summed E-state index contributed by atoms with van der Waals surface area (Å²) >= 11 is 0. The molecule has 0 spiro atoms. The number of ketones is 1. The summed E-state index contributed by atoms with van der Waals surface area (Å²) in [5.41, 5.74) is 0.471. The first kappa shape index (κ1) is 17.5. The highest BCUT2D eigenvalue weighted by Crippen LogP contribution is 2.43. The Morgan fingerprint density at radius 1 is 1.16 bits per heavy atom. The third-order valence-corrected chi connectivity index (χ3v) is 5.41. The van der Waals surface area contributed by atoms with Crippen LogP contribution < -0.4 is 4.74 Å². The number of hydrogen-bond acceptors (Lipinski definition) is 4. The minimum atomic E-state index is -0.449. The maximum absolute atomic E-state index is 12.7. The van der Waals surface area contributed by atoms with E-state index in [0.717, 1.165) is 43.4 Å². The molecule has 1 aliphatic carbocycles. The van der Waals surface area contributed by atoms with Gasteiger partial charge < -0.3 is 14.7 Å². The first-order valence-electron chi connectivity index (χ1n) is 8.84. The average Bonchev–Trinajstić information content (AvgIpc) is 2.89. The van der Waals surface area contributed by atoms with Crippen molar-refractivity contribution in [3.8, 4) is 5.75 Å². The monoisotopic (exact) mass is 343 g/mol. The maximum atomic E-state index is 12.7. The van der Waals surface area contributed by atoms with Gasteiger partial charge in [-0.3, -0.25) is 9.59 Å². The summed E-state index contributed by atoms with van der Waals surface area (Å²) in [7, 11) is 1.60. The fraction of sp³-hybridized carbons (Fsp3) is 0.500. The lowest BCUT2D eigenvalue weighted by atomic mass is 9.73. The van der Waals surface area contributed by atoms with Crippen LogP contribution in [-0.2, 0) is 16.1 Å². The van der Waals surface area contributed by atoms with E-state index in [4.69, 9.17) is 4.74 Å². The molecule has 5 nitrogen and oxygen atoms in total. The molecular weight excluding hydrogens is 318 g/mol. The second-order valence-corrected chi connectivity index (χ2v) is 7.28. The van der Waals surface area contributed by atoms with Gasteiger partial charge in [0.05, 0.1) is 13.7 Å². The van der Waals surface area contributed by atoms with Crippen molar-refractivity contribution in [2.45, 2.75) is 45.6 Å². The van der Waals surface area contributed by atoms with Crippen molar-refractivity contribution in [2.75, 3.05) is 13.7 Å². The molecule has 3 rings (SSSR count). The van der Waals surface area contributed by atoms with E-state index >= 15 is 0 Å². The number of hydrogen-bond donors (Lipinski definition) is 1. The standard InChI is InChI=1S/C20H25NO4/c1-20(10-4-3-5-11-20)18(23)17-16(22)13-21(19(17)24)12-14-6-8-15(25-2)9-7-14/h6-9,23H,3-5,10-13H2,1-2H3/b18-17-. The molecule has 1 aliphatic heterocycles. The summed E-state index contributed by atoms with van der Waals surface area (Å²) in [4.78, 5) is 26.6. The number of rotatable bonds is 4. The van der Waals surface area contributed by atoms with E-state index in [0.29, 0.717) is 6.54 Å². The Bertz CT molecular complexity index is 699. The van der Waals surface area contributed by atoms with Crippen LogP contribution in [0.4, 0.5) is 0 Å². The van der Waals surface area contributed by atoms with Gasteiger partial charge in [0.1, 0.15) is 17.1 Å². The van der Waals surface area contributed by atoms with E-state index in [-0.39, 0.29) is 29.6 Å². The van der Waals surface area contributed by atoms with Gasteiger partial charge in [-0.25, -0.2) is 0 Å². The van der Waals surface area contributed by atoms with Crippen molar-refractivity contribution in [3.63, 3.8) is 0 Å². The normalized spacial score (nSPS) is 22.2. The van der Waals surface area contributed by atoms with Gasteiger partial charge in [0.15, 0.2) is 5.78 Å². The first-order valence-corrected chi connectivity index (χ1v) is 8.84. The van der Waals surface area contributed by atoms with Crippen molar-refractivity contribution in [2.24, 2.45) is 5.41 Å². The van der Waals surface area contributed by atoms with Gasteiger partial charge in [-0.05, 0) is 30.5 Å². The smallest absolute Gasteiger partial charge is 0.261 e. The third kappa shape index (κ3) is 3.41. The van der Waals surface area contributed by atoms with Gasteiger partial charge in [-0.2, -0.15) is 0 Å². The lowest BCUT2D eigenvalue weighted by Crippen LogP contribution is -2.28. The molecule has 1 aromatic carbocycles. The van der Waals surface area contributed by atoms with E-state index in [2.05, 4.69) is 0 Å². The number of carbonyl (C=O) groups excluding carboxylic acids is 2. The Kier molecular flexibility index (Phi) is 4.84. The highest BCUT2D eigenvalue weighted by atomic mass is 16.5. The number of benzene rings is 1. The second-order valence-electron chi connectivity index (χ2n) is 7.28. The highest BCUT2D eigenvalue weighted by Gasteiger charge is 2.42. The van der Waals surface area contributed by atoms with E-state index in [9.17, 15) is 14.7 Å². The number of aliphatic hydroxyl groups excluding tert-OH is 1. The quantitative estimate of drug-likeness (QED) is 0.517. The fourth-order valence-electron chi connectivity index (χ4n) is 3.78. The number of allylic oxidation sites excluding steroid dienone is 1. The number of methoxy groups -OCH3 is 1. The van der Waals surface area contributed by atoms with Crippen molar-refractivity contribution < 1.29 is 19.4 Å². The molecule has 0 bridgehead atoms. The van der Waals surface area contributed by atoms with Crippen LogP contribution in [0.25, 0.3) is 0 Å². The van der Waals surface area contributed by atoms with Crippen molar-refractivity contribution >= 4 is 11.7 Å². The van der Waals surface area contributed by atoms with E-state index in [1.165, 1.54) is 4.90 Å². The lowest BCUT2D eigenvalue weighted by molar-refractivity contribution is -0.125. The largest absolute Gasteiger partial charge is 0.511 e. The predicted octanol–water partition coefficient (Wildman–Crippen LogP) is 3.39. The summed E-state index contributed by atoms with van der Waals surface area (Å²) in [6, 6.07) is 7.41. The molecule has 1 amide bonds. The summed E-state index contributed by atoms with van der Waals surface area (Å²) < 4.78 is 5.13. The molecule has 2 aliphatic rings. The number of amides is 1. The molecule has 1 aromatic rings. The Morgan fingerprint density at radius 2 is 1.80 bits per heavy atom. The van der Waals surface area contributed by atoms with Crippen molar-refractivity contribution in [1.29, 1.82) is 0 Å². The molecule has 1 saturated heterocycles. The van der Waals surface area contributed by atoms with Crippen LogP contribution in [0.1, 0.15) is 44.6 Å². The Hall–Kier alpha value is -2.30.